The Morgan fingerprint density at radius 2 is 2.23 bits per heavy atom. The summed E-state index contributed by atoms with van der Waals surface area (Å²) in [6, 6.07) is 9.86. The zero-order chi connectivity index (χ0) is 18.1. The van der Waals surface area contributed by atoms with Gasteiger partial charge in [0.2, 0.25) is 5.82 Å². The van der Waals surface area contributed by atoms with Crippen LogP contribution in [0.5, 0.6) is 0 Å². The highest BCUT2D eigenvalue weighted by molar-refractivity contribution is 7.80. The first-order valence-corrected chi connectivity index (χ1v) is 8.66. The van der Waals surface area contributed by atoms with Crippen molar-refractivity contribution < 1.29 is 9.53 Å². The van der Waals surface area contributed by atoms with Crippen molar-refractivity contribution in [3.63, 3.8) is 0 Å². The molecule has 1 amide bonds. The Morgan fingerprint density at radius 1 is 1.42 bits per heavy atom. The van der Waals surface area contributed by atoms with E-state index in [0.717, 1.165) is 16.1 Å². The third-order valence-electron chi connectivity index (χ3n) is 4.22. The molecule has 2 aromatic rings. The molecule has 0 saturated carbocycles. The van der Waals surface area contributed by atoms with Gasteiger partial charge in [0.15, 0.2) is 6.73 Å². The average molecular weight is 367 g/mol. The lowest BCUT2D eigenvalue weighted by Gasteiger charge is -2.23. The van der Waals surface area contributed by atoms with E-state index >= 15 is 0 Å². The fourth-order valence-electron chi connectivity index (χ4n) is 2.84. The third-order valence-corrected chi connectivity index (χ3v) is 4.79. The summed E-state index contributed by atoms with van der Waals surface area (Å²) in [6.45, 7) is 2.21. The van der Waals surface area contributed by atoms with Gasteiger partial charge >= 0.3 is 5.91 Å². The highest BCUT2D eigenvalue weighted by Crippen LogP contribution is 2.29. The number of aromatic nitrogens is 3. The van der Waals surface area contributed by atoms with E-state index in [1.807, 2.05) is 49.4 Å². The fraction of sp³-hybridized carbons (Fsp3) is 0.222. The van der Waals surface area contributed by atoms with Crippen LogP contribution in [0.2, 0.25) is 0 Å². The Morgan fingerprint density at radius 3 is 3.04 bits per heavy atom. The molecule has 2 heterocycles. The molecule has 0 spiro atoms. The Hall–Kier alpha value is -3.00. The number of thiocarbonyl (C=S) groups is 1. The van der Waals surface area contributed by atoms with E-state index in [0.29, 0.717) is 18.0 Å². The van der Waals surface area contributed by atoms with Crippen molar-refractivity contribution in [3.05, 3.63) is 71.2 Å². The number of hydrogen-bond acceptors (Lipinski definition) is 6. The Bertz CT molecular complexity index is 919. The van der Waals surface area contributed by atoms with Crippen LogP contribution in [0.1, 0.15) is 28.9 Å². The lowest BCUT2D eigenvalue weighted by molar-refractivity contribution is 0.0719. The predicted octanol–water partition coefficient (Wildman–Crippen LogP) is 2.12. The largest absolute Gasteiger partial charge is 0.469 e. The van der Waals surface area contributed by atoms with Crippen LogP contribution < -0.4 is 5.43 Å². The average Bonchev–Trinajstić information content (AvgIpc) is 3.27. The minimum atomic E-state index is -0.414. The molecule has 132 valence electrons. The van der Waals surface area contributed by atoms with E-state index in [2.05, 4.69) is 20.6 Å². The van der Waals surface area contributed by atoms with Gasteiger partial charge in [-0.2, -0.15) is 0 Å². The summed E-state index contributed by atoms with van der Waals surface area (Å²) >= 11 is 5.47. The zero-order valence-electron chi connectivity index (χ0n) is 14.1. The van der Waals surface area contributed by atoms with Crippen LogP contribution in [0.25, 0.3) is 0 Å². The first kappa shape index (κ1) is 16.5. The SMILES string of the molecule is C[C@H]1C=CC2=C(C1=S)N(NC(=O)c1n[nH]c(Cc3ccccc3)n1)CO2. The van der Waals surface area contributed by atoms with Crippen molar-refractivity contribution in [3.8, 4) is 0 Å². The Balaban J connectivity index is 1.45. The van der Waals surface area contributed by atoms with Gasteiger partial charge in [-0.25, -0.2) is 9.99 Å². The minimum absolute atomic E-state index is 0.0790. The normalized spacial score (nSPS) is 18.7. The smallest absolute Gasteiger partial charge is 0.309 e. The van der Waals surface area contributed by atoms with E-state index in [4.69, 9.17) is 17.0 Å². The number of rotatable bonds is 4. The van der Waals surface area contributed by atoms with Crippen LogP contribution in [-0.2, 0) is 11.2 Å². The van der Waals surface area contributed by atoms with Gasteiger partial charge in [0.25, 0.3) is 0 Å². The number of carbonyl (C=O) groups excluding carboxylic acids is 1. The molecule has 1 aromatic carbocycles. The van der Waals surface area contributed by atoms with Crippen LogP contribution in [0, 0.1) is 5.92 Å². The third kappa shape index (κ3) is 3.11. The Kier molecular flexibility index (Phi) is 4.26. The van der Waals surface area contributed by atoms with Crippen LogP contribution in [0.3, 0.4) is 0 Å². The van der Waals surface area contributed by atoms with Crippen molar-refractivity contribution >= 4 is 23.0 Å². The molecule has 0 saturated heterocycles. The monoisotopic (exact) mass is 367 g/mol. The molecule has 1 aliphatic carbocycles. The summed E-state index contributed by atoms with van der Waals surface area (Å²) in [7, 11) is 0. The van der Waals surface area contributed by atoms with E-state index in [1.165, 1.54) is 0 Å². The molecule has 0 radical (unpaired) electrons. The lowest BCUT2D eigenvalue weighted by atomic mass is 9.99. The van der Waals surface area contributed by atoms with Crippen molar-refractivity contribution in [2.75, 3.05) is 6.73 Å². The second kappa shape index (κ2) is 6.72. The van der Waals surface area contributed by atoms with Crippen LogP contribution in [-0.4, -0.2) is 37.7 Å². The first-order valence-electron chi connectivity index (χ1n) is 8.25. The molecule has 7 nitrogen and oxygen atoms in total. The van der Waals surface area contributed by atoms with E-state index in [9.17, 15) is 4.79 Å². The zero-order valence-corrected chi connectivity index (χ0v) is 14.9. The molecule has 2 N–H and O–H groups in total. The summed E-state index contributed by atoms with van der Waals surface area (Å²) in [5, 5.41) is 8.43. The quantitative estimate of drug-likeness (QED) is 0.806. The number of carbonyl (C=O) groups is 1. The predicted molar refractivity (Wildman–Crippen MR) is 98.8 cm³/mol. The van der Waals surface area contributed by atoms with E-state index < -0.39 is 5.91 Å². The van der Waals surface area contributed by atoms with Gasteiger partial charge in [-0.05, 0) is 11.6 Å². The maximum atomic E-state index is 12.5. The number of hydrogen-bond donors (Lipinski definition) is 2. The molecule has 1 atom stereocenters. The number of H-pyrrole nitrogens is 1. The van der Waals surface area contributed by atoms with Crippen molar-refractivity contribution in [2.24, 2.45) is 5.92 Å². The van der Waals surface area contributed by atoms with Gasteiger partial charge in [0.05, 0.1) is 4.86 Å². The number of allylic oxidation sites excluding steroid dienone is 3. The maximum absolute atomic E-state index is 12.5. The highest BCUT2D eigenvalue weighted by atomic mass is 32.1. The molecular weight excluding hydrogens is 350 g/mol. The van der Waals surface area contributed by atoms with Gasteiger partial charge in [-0.1, -0.05) is 55.5 Å². The maximum Gasteiger partial charge on any atom is 0.309 e. The van der Waals surface area contributed by atoms with Gasteiger partial charge < -0.3 is 4.74 Å². The first-order chi connectivity index (χ1) is 12.6. The summed E-state index contributed by atoms with van der Waals surface area (Å²) in [6.07, 6.45) is 4.44. The second-order valence-corrected chi connectivity index (χ2v) is 6.58. The van der Waals surface area contributed by atoms with Gasteiger partial charge in [0, 0.05) is 12.3 Å². The topological polar surface area (TPSA) is 83.1 Å². The number of benzene rings is 1. The molecule has 0 fully saturated rings. The van der Waals surface area contributed by atoms with Gasteiger partial charge in [-0.3, -0.25) is 15.3 Å². The van der Waals surface area contributed by atoms with E-state index in [1.54, 1.807) is 5.01 Å². The molecule has 1 aliphatic heterocycles. The van der Waals surface area contributed by atoms with Crippen LogP contribution in [0.15, 0.2) is 53.9 Å². The van der Waals surface area contributed by atoms with Gasteiger partial charge in [-0.15, -0.1) is 5.10 Å². The molecule has 0 unspecified atom stereocenters. The molecular formula is C18H17N5O2S. The minimum Gasteiger partial charge on any atom is -0.469 e. The molecule has 2 aliphatic rings. The number of nitrogens with one attached hydrogen (secondary N) is 2. The standard InChI is InChI=1S/C18H17N5O2S/c1-11-7-8-13-15(16(11)26)23(10-25-13)22-18(24)17-19-14(20-21-17)9-12-5-3-2-4-6-12/h2-8,11H,9-10H2,1H3,(H,22,24)(H,19,20,21)/t11-/m0/s1. The number of hydrazine groups is 1. The fourth-order valence-corrected chi connectivity index (χ4v) is 3.13. The van der Waals surface area contributed by atoms with Crippen LogP contribution >= 0.6 is 12.2 Å². The number of ether oxygens (including phenoxy) is 1. The van der Waals surface area contributed by atoms with Gasteiger partial charge in [0.1, 0.15) is 17.3 Å². The second-order valence-electron chi connectivity index (χ2n) is 6.14. The summed E-state index contributed by atoms with van der Waals surface area (Å²) < 4.78 is 5.58. The van der Waals surface area contributed by atoms with Crippen molar-refractivity contribution in [1.82, 2.24) is 25.6 Å². The lowest BCUT2D eigenvalue weighted by Crippen LogP contribution is -2.43. The summed E-state index contributed by atoms with van der Waals surface area (Å²) in [4.78, 5) is 17.5. The van der Waals surface area contributed by atoms with Crippen molar-refractivity contribution in [2.45, 2.75) is 13.3 Å². The van der Waals surface area contributed by atoms with Crippen molar-refractivity contribution in [1.29, 1.82) is 0 Å². The highest BCUT2D eigenvalue weighted by Gasteiger charge is 2.32. The molecule has 4 rings (SSSR count). The molecule has 26 heavy (non-hydrogen) atoms. The number of amides is 1. The number of aromatic amines is 1. The molecule has 1 aromatic heterocycles. The summed E-state index contributed by atoms with van der Waals surface area (Å²) in [5.74, 6) is 1.08. The molecule has 0 bridgehead atoms. The van der Waals surface area contributed by atoms with E-state index in [-0.39, 0.29) is 18.5 Å². The van der Waals surface area contributed by atoms with Crippen LogP contribution in [0.4, 0.5) is 0 Å². The summed E-state index contributed by atoms with van der Waals surface area (Å²) in [5.41, 5.74) is 4.58. The number of nitrogens with zero attached hydrogens (tertiary/aromatic N) is 3. The Labute approximate surface area is 155 Å². The molecule has 8 heteroatoms.